The summed E-state index contributed by atoms with van der Waals surface area (Å²) in [5.41, 5.74) is 1.93. The first-order chi connectivity index (χ1) is 9.80. The highest BCUT2D eigenvalue weighted by molar-refractivity contribution is 6.18. The highest BCUT2D eigenvalue weighted by Gasteiger charge is 2.29. The summed E-state index contributed by atoms with van der Waals surface area (Å²) < 4.78 is 22.4. The predicted octanol–water partition coefficient (Wildman–Crippen LogP) is 2.99. The molecule has 2 aliphatic rings. The molecule has 2 aliphatic heterocycles. The van der Waals surface area contributed by atoms with Gasteiger partial charge in [0.2, 0.25) is 0 Å². The Morgan fingerprint density at radius 1 is 0.800 bits per heavy atom. The quantitative estimate of drug-likeness (QED) is 0.800. The minimum atomic E-state index is -0.339. The molecule has 0 spiro atoms. The molecule has 0 N–H and O–H groups in total. The van der Waals surface area contributed by atoms with Crippen LogP contribution in [0.1, 0.15) is 23.7 Å². The lowest BCUT2D eigenvalue weighted by molar-refractivity contribution is -0.0593. The summed E-state index contributed by atoms with van der Waals surface area (Å²) in [6.45, 7) is 1.06. The van der Waals surface area contributed by atoms with Gasteiger partial charge >= 0.3 is 0 Å². The zero-order chi connectivity index (χ0) is 13.9. The minimum Gasteiger partial charge on any atom is -0.346 e. The maximum Gasteiger partial charge on any atom is 0.184 e. The monoisotopic (exact) mass is 318 g/mol. The number of ether oxygens (including phenoxy) is 4. The molecule has 2 heterocycles. The second kappa shape index (κ2) is 6.60. The van der Waals surface area contributed by atoms with Gasteiger partial charge in [-0.15, -0.1) is 23.2 Å². The molecule has 4 unspecified atom stereocenters. The van der Waals surface area contributed by atoms with E-state index in [0.29, 0.717) is 25.0 Å². The van der Waals surface area contributed by atoms with Gasteiger partial charge in [-0.3, -0.25) is 0 Å². The molecule has 110 valence electrons. The maximum absolute atomic E-state index is 5.75. The molecule has 6 heteroatoms. The molecule has 0 aromatic heterocycles. The van der Waals surface area contributed by atoms with Crippen molar-refractivity contribution >= 4 is 23.2 Å². The van der Waals surface area contributed by atoms with Crippen LogP contribution in [0, 0.1) is 0 Å². The molecule has 20 heavy (non-hydrogen) atoms. The summed E-state index contributed by atoms with van der Waals surface area (Å²) >= 11 is 11.5. The van der Waals surface area contributed by atoms with Crippen LogP contribution in [0.3, 0.4) is 0 Å². The van der Waals surface area contributed by atoms with E-state index in [9.17, 15) is 0 Å². The molecule has 2 saturated heterocycles. The Bertz CT molecular complexity index is 398. The Morgan fingerprint density at radius 2 is 1.20 bits per heavy atom. The van der Waals surface area contributed by atoms with Crippen molar-refractivity contribution in [1.82, 2.24) is 0 Å². The van der Waals surface area contributed by atoms with Gasteiger partial charge in [0.05, 0.1) is 37.2 Å². The lowest BCUT2D eigenvalue weighted by atomic mass is 10.1. The largest absolute Gasteiger partial charge is 0.346 e. The van der Waals surface area contributed by atoms with E-state index in [1.165, 1.54) is 0 Å². The van der Waals surface area contributed by atoms with E-state index in [1.807, 2.05) is 24.3 Å². The fourth-order valence-electron chi connectivity index (χ4n) is 2.22. The SMILES string of the molecule is ClCC1COC(c2ccc(C3OCC(CCl)O3)cc2)O1. The third-order valence-corrected chi connectivity index (χ3v) is 4.01. The van der Waals surface area contributed by atoms with Crippen LogP contribution in [0.5, 0.6) is 0 Å². The van der Waals surface area contributed by atoms with Crippen molar-refractivity contribution < 1.29 is 18.9 Å². The van der Waals surface area contributed by atoms with E-state index in [2.05, 4.69) is 0 Å². The van der Waals surface area contributed by atoms with Crippen molar-refractivity contribution in [3.05, 3.63) is 35.4 Å². The second-order valence-electron chi connectivity index (χ2n) is 4.82. The van der Waals surface area contributed by atoms with Crippen LogP contribution < -0.4 is 0 Å². The molecule has 1 aromatic carbocycles. The van der Waals surface area contributed by atoms with Crippen molar-refractivity contribution in [3.8, 4) is 0 Å². The van der Waals surface area contributed by atoms with E-state index < -0.39 is 0 Å². The van der Waals surface area contributed by atoms with E-state index in [-0.39, 0.29) is 24.8 Å². The highest BCUT2D eigenvalue weighted by atomic mass is 35.5. The topological polar surface area (TPSA) is 36.9 Å². The van der Waals surface area contributed by atoms with E-state index >= 15 is 0 Å². The van der Waals surface area contributed by atoms with E-state index in [0.717, 1.165) is 11.1 Å². The molecule has 0 saturated carbocycles. The Morgan fingerprint density at radius 3 is 1.50 bits per heavy atom. The van der Waals surface area contributed by atoms with E-state index in [4.69, 9.17) is 42.1 Å². The third-order valence-electron chi connectivity index (χ3n) is 3.32. The van der Waals surface area contributed by atoms with Gasteiger partial charge in [0, 0.05) is 11.1 Å². The molecule has 4 atom stereocenters. The third kappa shape index (κ3) is 3.11. The lowest BCUT2D eigenvalue weighted by Gasteiger charge is -2.14. The average molecular weight is 319 g/mol. The van der Waals surface area contributed by atoms with Gasteiger partial charge in [-0.1, -0.05) is 24.3 Å². The summed E-state index contributed by atoms with van der Waals surface area (Å²) in [6, 6.07) is 7.82. The lowest BCUT2D eigenvalue weighted by Crippen LogP contribution is -2.11. The van der Waals surface area contributed by atoms with Crippen LogP contribution in [0.4, 0.5) is 0 Å². The summed E-state index contributed by atoms with van der Waals surface area (Å²) in [5.74, 6) is 0.885. The van der Waals surface area contributed by atoms with Crippen LogP contribution in [0.15, 0.2) is 24.3 Å². The molecule has 2 fully saturated rings. The number of halogens is 2. The van der Waals surface area contributed by atoms with Crippen LogP contribution in [0.25, 0.3) is 0 Å². The van der Waals surface area contributed by atoms with Crippen molar-refractivity contribution in [1.29, 1.82) is 0 Å². The van der Waals surface area contributed by atoms with Gasteiger partial charge in [0.1, 0.15) is 0 Å². The van der Waals surface area contributed by atoms with Gasteiger partial charge in [-0.2, -0.15) is 0 Å². The first-order valence-electron chi connectivity index (χ1n) is 6.56. The van der Waals surface area contributed by atoms with Crippen LogP contribution in [0.2, 0.25) is 0 Å². The minimum absolute atomic E-state index is 0.0349. The summed E-state index contributed by atoms with van der Waals surface area (Å²) in [7, 11) is 0. The van der Waals surface area contributed by atoms with Gasteiger partial charge < -0.3 is 18.9 Å². The maximum atomic E-state index is 5.75. The number of alkyl halides is 2. The Hall–Kier alpha value is -0.360. The Labute approximate surface area is 127 Å². The van der Waals surface area contributed by atoms with Gasteiger partial charge in [0.15, 0.2) is 12.6 Å². The predicted molar refractivity (Wildman–Crippen MR) is 75.0 cm³/mol. The number of benzene rings is 1. The van der Waals surface area contributed by atoms with Crippen molar-refractivity contribution in [3.63, 3.8) is 0 Å². The van der Waals surface area contributed by atoms with Crippen molar-refractivity contribution in [2.45, 2.75) is 24.8 Å². The molecule has 1 aromatic rings. The molecule has 0 aliphatic carbocycles. The number of hydrogen-bond acceptors (Lipinski definition) is 4. The number of hydrogen-bond donors (Lipinski definition) is 0. The fraction of sp³-hybridized carbons (Fsp3) is 0.571. The van der Waals surface area contributed by atoms with Crippen molar-refractivity contribution in [2.24, 2.45) is 0 Å². The summed E-state index contributed by atoms with van der Waals surface area (Å²) in [4.78, 5) is 0. The highest BCUT2D eigenvalue weighted by Crippen LogP contribution is 2.31. The average Bonchev–Trinajstić information content (AvgIpc) is 3.16. The van der Waals surface area contributed by atoms with Gasteiger partial charge in [0.25, 0.3) is 0 Å². The standard InChI is InChI=1S/C14H16Cl2O4/c15-5-11-7-17-13(19-11)9-1-2-10(4-3-9)14-18-8-12(6-16)20-14/h1-4,11-14H,5-8H2. The number of rotatable bonds is 4. The second-order valence-corrected chi connectivity index (χ2v) is 5.44. The summed E-state index contributed by atoms with van der Waals surface area (Å²) in [5, 5.41) is 0. The molecule has 0 amide bonds. The van der Waals surface area contributed by atoms with Crippen LogP contribution in [-0.2, 0) is 18.9 Å². The molecule has 4 nitrogen and oxygen atoms in total. The normalized spacial score (nSPS) is 33.7. The van der Waals surface area contributed by atoms with Gasteiger partial charge in [-0.05, 0) is 0 Å². The van der Waals surface area contributed by atoms with E-state index in [1.54, 1.807) is 0 Å². The molecular weight excluding hydrogens is 303 g/mol. The fourth-order valence-corrected chi connectivity index (χ4v) is 2.54. The first-order valence-corrected chi connectivity index (χ1v) is 7.63. The van der Waals surface area contributed by atoms with Crippen molar-refractivity contribution in [2.75, 3.05) is 25.0 Å². The molecule has 0 bridgehead atoms. The van der Waals surface area contributed by atoms with Gasteiger partial charge in [-0.25, -0.2) is 0 Å². The zero-order valence-electron chi connectivity index (χ0n) is 10.8. The molecule has 3 rings (SSSR count). The molecular formula is C14H16Cl2O4. The Balaban J connectivity index is 1.63. The summed E-state index contributed by atoms with van der Waals surface area (Å²) in [6.07, 6.45) is -0.748. The first kappa shape index (κ1) is 14.6. The van der Waals surface area contributed by atoms with Crippen LogP contribution >= 0.6 is 23.2 Å². The Kier molecular flexibility index (Phi) is 4.81. The zero-order valence-corrected chi connectivity index (χ0v) is 12.3. The smallest absolute Gasteiger partial charge is 0.184 e. The van der Waals surface area contributed by atoms with Crippen LogP contribution in [-0.4, -0.2) is 37.2 Å². The molecule has 0 radical (unpaired) electrons.